The summed E-state index contributed by atoms with van der Waals surface area (Å²) in [7, 11) is -3.62. The van der Waals surface area contributed by atoms with Crippen molar-refractivity contribution >= 4 is 21.6 Å². The van der Waals surface area contributed by atoms with Crippen molar-refractivity contribution in [1.29, 1.82) is 0 Å². The maximum Gasteiger partial charge on any atom is 0.339 e. The van der Waals surface area contributed by atoms with Gasteiger partial charge in [-0.1, -0.05) is 31.2 Å². The normalized spacial score (nSPS) is 11.1. The summed E-state index contributed by atoms with van der Waals surface area (Å²) in [4.78, 5) is 23.9. The lowest BCUT2D eigenvalue weighted by atomic mass is 10.1. The second-order valence-corrected chi connectivity index (χ2v) is 7.13. The monoisotopic (exact) mass is 350 g/mol. The van der Waals surface area contributed by atoms with Gasteiger partial charge in [-0.15, -0.1) is 0 Å². The fraction of sp³-hybridized carbons (Fsp3) is 0.176. The minimum absolute atomic E-state index is 0.152. The fourth-order valence-electron chi connectivity index (χ4n) is 2.04. The Morgan fingerprint density at radius 2 is 1.58 bits per heavy atom. The predicted octanol–water partition coefficient (Wildman–Crippen LogP) is 2.66. The molecule has 0 radical (unpaired) electrons. The Hall–Kier alpha value is -2.54. The first-order chi connectivity index (χ1) is 11.4. The molecule has 24 heavy (non-hydrogen) atoms. The molecule has 5 nitrogen and oxygen atoms in total. The van der Waals surface area contributed by atoms with E-state index in [1.165, 1.54) is 49.4 Å². The van der Waals surface area contributed by atoms with E-state index < -0.39 is 34.0 Å². The summed E-state index contributed by atoms with van der Waals surface area (Å²) in [6, 6.07) is 10.9. The molecule has 0 bridgehead atoms. The van der Waals surface area contributed by atoms with Gasteiger partial charge in [-0.25, -0.2) is 17.6 Å². The molecule has 0 spiro atoms. The lowest BCUT2D eigenvalue weighted by Gasteiger charge is -2.09. The molecule has 0 aliphatic rings. The highest BCUT2D eigenvalue weighted by molar-refractivity contribution is 7.91. The van der Waals surface area contributed by atoms with Gasteiger partial charge in [0, 0.05) is 0 Å². The van der Waals surface area contributed by atoms with E-state index in [0.717, 1.165) is 6.07 Å². The van der Waals surface area contributed by atoms with Crippen molar-refractivity contribution in [3.8, 4) is 0 Å². The van der Waals surface area contributed by atoms with Gasteiger partial charge in [0.2, 0.25) is 5.78 Å². The van der Waals surface area contributed by atoms with E-state index in [-0.39, 0.29) is 21.8 Å². The second kappa shape index (κ2) is 7.35. The first kappa shape index (κ1) is 17.8. The third-order valence-electron chi connectivity index (χ3n) is 3.33. The van der Waals surface area contributed by atoms with Crippen molar-refractivity contribution in [2.75, 3.05) is 12.4 Å². The van der Waals surface area contributed by atoms with Crippen LogP contribution in [0.4, 0.5) is 4.39 Å². The third kappa shape index (κ3) is 3.86. The van der Waals surface area contributed by atoms with Gasteiger partial charge in [0.25, 0.3) is 0 Å². The van der Waals surface area contributed by atoms with Crippen LogP contribution in [0.2, 0.25) is 0 Å². The van der Waals surface area contributed by atoms with Crippen molar-refractivity contribution in [1.82, 2.24) is 0 Å². The number of hydrogen-bond acceptors (Lipinski definition) is 5. The van der Waals surface area contributed by atoms with Crippen LogP contribution in [-0.4, -0.2) is 32.5 Å². The molecule has 0 saturated heterocycles. The van der Waals surface area contributed by atoms with E-state index in [2.05, 4.69) is 0 Å². The van der Waals surface area contributed by atoms with E-state index in [1.54, 1.807) is 0 Å². The van der Waals surface area contributed by atoms with E-state index in [9.17, 15) is 22.4 Å². The zero-order chi connectivity index (χ0) is 17.7. The van der Waals surface area contributed by atoms with E-state index >= 15 is 0 Å². The number of sulfone groups is 1. The van der Waals surface area contributed by atoms with Crippen LogP contribution < -0.4 is 0 Å². The summed E-state index contributed by atoms with van der Waals surface area (Å²) >= 11 is 0. The van der Waals surface area contributed by atoms with Crippen LogP contribution in [0.3, 0.4) is 0 Å². The van der Waals surface area contributed by atoms with E-state index in [4.69, 9.17) is 4.74 Å². The molecule has 2 aromatic rings. The van der Waals surface area contributed by atoms with Crippen molar-refractivity contribution in [3.05, 3.63) is 65.5 Å². The zero-order valence-corrected chi connectivity index (χ0v) is 13.7. The molecule has 0 unspecified atom stereocenters. The number of hydrogen-bond donors (Lipinski definition) is 0. The van der Waals surface area contributed by atoms with Gasteiger partial charge in [0.05, 0.1) is 21.8 Å². The van der Waals surface area contributed by atoms with Gasteiger partial charge in [-0.2, -0.15) is 0 Å². The van der Waals surface area contributed by atoms with E-state index in [0.29, 0.717) is 0 Å². The molecule has 2 rings (SSSR count). The Bertz CT molecular complexity index is 874. The number of ether oxygens (including phenoxy) is 1. The molecule has 0 aliphatic heterocycles. The molecule has 0 aliphatic carbocycles. The second-order valence-electron chi connectivity index (χ2n) is 4.88. The zero-order valence-electron chi connectivity index (χ0n) is 12.9. The van der Waals surface area contributed by atoms with Crippen molar-refractivity contribution < 1.29 is 27.1 Å². The number of esters is 1. The fourth-order valence-corrected chi connectivity index (χ4v) is 3.12. The highest BCUT2D eigenvalue weighted by Crippen LogP contribution is 2.18. The Morgan fingerprint density at radius 3 is 2.21 bits per heavy atom. The predicted molar refractivity (Wildman–Crippen MR) is 85.2 cm³/mol. The summed E-state index contributed by atoms with van der Waals surface area (Å²) in [6.45, 7) is 0.777. The van der Waals surface area contributed by atoms with Gasteiger partial charge < -0.3 is 4.74 Å². The molecular formula is C17H15FO5S. The average molecular weight is 350 g/mol. The number of Topliss-reactive ketones (excluding diaryl/α,β-unsaturated/α-hetero) is 1. The van der Waals surface area contributed by atoms with Crippen LogP contribution in [0.15, 0.2) is 53.4 Å². The van der Waals surface area contributed by atoms with Crippen LogP contribution >= 0.6 is 0 Å². The van der Waals surface area contributed by atoms with Crippen LogP contribution in [0.25, 0.3) is 0 Å². The minimum Gasteiger partial charge on any atom is -0.454 e. The summed E-state index contributed by atoms with van der Waals surface area (Å²) in [6.07, 6.45) is 0. The largest absolute Gasteiger partial charge is 0.454 e. The molecule has 126 valence electrons. The number of carbonyl (C=O) groups is 2. The Morgan fingerprint density at radius 1 is 1.00 bits per heavy atom. The smallest absolute Gasteiger partial charge is 0.339 e. The summed E-state index contributed by atoms with van der Waals surface area (Å²) in [5, 5.41) is 0. The average Bonchev–Trinajstić information content (AvgIpc) is 2.59. The molecule has 0 saturated carbocycles. The quantitative estimate of drug-likeness (QED) is 0.591. The van der Waals surface area contributed by atoms with Gasteiger partial charge in [0.1, 0.15) is 5.82 Å². The van der Waals surface area contributed by atoms with Crippen LogP contribution in [0, 0.1) is 5.82 Å². The van der Waals surface area contributed by atoms with Crippen molar-refractivity contribution in [2.45, 2.75) is 11.8 Å². The summed E-state index contributed by atoms with van der Waals surface area (Å²) in [5.41, 5.74) is -0.347. The lowest BCUT2D eigenvalue weighted by molar-refractivity contribution is 0.0470. The maximum atomic E-state index is 13.5. The molecule has 0 amide bonds. The Labute approximate surface area is 139 Å². The maximum absolute atomic E-state index is 13.5. The molecule has 2 aromatic carbocycles. The number of ketones is 1. The Balaban J connectivity index is 2.17. The highest BCUT2D eigenvalue weighted by Gasteiger charge is 2.22. The lowest BCUT2D eigenvalue weighted by Crippen LogP contribution is -2.18. The SMILES string of the molecule is CCS(=O)(=O)c1ccccc1C(=O)OCC(=O)c1ccccc1F. The highest BCUT2D eigenvalue weighted by atomic mass is 32.2. The topological polar surface area (TPSA) is 77.5 Å². The van der Waals surface area contributed by atoms with Crippen molar-refractivity contribution in [2.24, 2.45) is 0 Å². The van der Waals surface area contributed by atoms with Gasteiger partial charge in [0.15, 0.2) is 16.4 Å². The molecule has 0 atom stereocenters. The van der Waals surface area contributed by atoms with Gasteiger partial charge >= 0.3 is 5.97 Å². The number of rotatable bonds is 6. The van der Waals surface area contributed by atoms with Crippen LogP contribution in [0.5, 0.6) is 0 Å². The van der Waals surface area contributed by atoms with Crippen LogP contribution in [0.1, 0.15) is 27.6 Å². The van der Waals surface area contributed by atoms with Crippen molar-refractivity contribution in [3.63, 3.8) is 0 Å². The molecule has 0 fully saturated rings. The Kier molecular flexibility index (Phi) is 5.46. The van der Waals surface area contributed by atoms with Gasteiger partial charge in [-0.3, -0.25) is 4.79 Å². The minimum atomic E-state index is -3.62. The van der Waals surface area contributed by atoms with Crippen LogP contribution in [-0.2, 0) is 14.6 Å². The first-order valence-corrected chi connectivity index (χ1v) is 8.78. The summed E-state index contributed by atoms with van der Waals surface area (Å²) < 4.78 is 42.4. The third-order valence-corrected chi connectivity index (χ3v) is 5.12. The number of benzene rings is 2. The molecular weight excluding hydrogens is 335 g/mol. The van der Waals surface area contributed by atoms with E-state index in [1.807, 2.05) is 0 Å². The molecule has 7 heteroatoms. The molecule has 0 aromatic heterocycles. The molecule has 0 N–H and O–H groups in total. The van der Waals surface area contributed by atoms with Gasteiger partial charge in [-0.05, 0) is 24.3 Å². The first-order valence-electron chi connectivity index (χ1n) is 7.13. The number of halogens is 1. The molecule has 0 heterocycles. The standard InChI is InChI=1S/C17H15FO5S/c1-2-24(21,22)16-10-6-4-8-13(16)17(20)23-11-15(19)12-7-3-5-9-14(12)18/h3-10H,2,11H2,1H3. The summed E-state index contributed by atoms with van der Waals surface area (Å²) in [5.74, 6) is -2.55. The number of carbonyl (C=O) groups excluding carboxylic acids is 2.